The summed E-state index contributed by atoms with van der Waals surface area (Å²) in [6.45, 7) is 3.62. The van der Waals surface area contributed by atoms with Crippen LogP contribution in [0.2, 0.25) is 0 Å². The zero-order valence-electron chi connectivity index (χ0n) is 7.94. The molecule has 0 aliphatic carbocycles. The number of benzene rings is 1. The maximum atomic E-state index is 11.4. The molecule has 0 saturated carbocycles. The highest BCUT2D eigenvalue weighted by Crippen LogP contribution is 2.19. The number of carbonyl (C=O) groups excluding carboxylic acids is 1. The van der Waals surface area contributed by atoms with E-state index in [0.29, 0.717) is 6.42 Å². The normalized spacial score (nSPS) is 11.7. The first-order chi connectivity index (χ1) is 6.79. The van der Waals surface area contributed by atoms with Crippen LogP contribution in [0.1, 0.15) is 17.9 Å². The zero-order valence-corrected chi connectivity index (χ0v) is 7.94. The fraction of sp³-hybridized carbons (Fsp3) is 0.167. The predicted molar refractivity (Wildman–Crippen MR) is 57.8 cm³/mol. The molecule has 1 atom stereocenters. The van der Waals surface area contributed by atoms with Crippen LogP contribution in [0.25, 0.3) is 0 Å². The number of hydrogen-bond acceptors (Lipinski definition) is 2. The quantitative estimate of drug-likeness (QED) is 0.558. The minimum atomic E-state index is -0.244. The maximum Gasteiger partial charge on any atom is 0.180 e. The summed E-state index contributed by atoms with van der Waals surface area (Å²) in [7, 11) is 0. The fourth-order valence-electron chi connectivity index (χ4n) is 1.37. The Hall–Kier alpha value is -1.70. The van der Waals surface area contributed by atoms with Crippen molar-refractivity contribution in [2.24, 2.45) is 0 Å². The molecule has 0 spiro atoms. The number of rotatable bonds is 5. The summed E-state index contributed by atoms with van der Waals surface area (Å²) in [5, 5.41) is 6.96. The summed E-state index contributed by atoms with van der Waals surface area (Å²) in [6, 6.07) is 9.49. The number of ketones is 1. The fourth-order valence-corrected chi connectivity index (χ4v) is 1.37. The van der Waals surface area contributed by atoms with Crippen molar-refractivity contribution in [3.05, 3.63) is 48.6 Å². The van der Waals surface area contributed by atoms with Crippen molar-refractivity contribution >= 4 is 12.0 Å². The smallest absolute Gasteiger partial charge is 0.180 e. The van der Waals surface area contributed by atoms with Gasteiger partial charge in [0, 0.05) is 0 Å². The second kappa shape index (κ2) is 5.12. The summed E-state index contributed by atoms with van der Waals surface area (Å²) in [5.74, 6) is -0.415. The Bertz CT molecular complexity index is 329. The van der Waals surface area contributed by atoms with Crippen molar-refractivity contribution in [1.82, 2.24) is 0 Å². The summed E-state index contributed by atoms with van der Waals surface area (Å²) in [6.07, 6.45) is 3.17. The van der Waals surface area contributed by atoms with E-state index < -0.39 is 0 Å². The Morgan fingerprint density at radius 2 is 2.07 bits per heavy atom. The van der Waals surface area contributed by atoms with Crippen LogP contribution >= 0.6 is 0 Å². The Balaban J connectivity index is 2.93. The Labute approximate surface area is 83.8 Å². The average molecular weight is 187 g/mol. The monoisotopic (exact) mass is 187 g/mol. The number of hydrogen-bond donors (Lipinski definition) is 1. The van der Waals surface area contributed by atoms with E-state index in [1.165, 1.54) is 0 Å². The molecule has 0 saturated heterocycles. The van der Waals surface area contributed by atoms with Crippen molar-refractivity contribution in [3.8, 4) is 0 Å². The number of Topliss-reactive ketones (excluding diaryl/α,β-unsaturated/α-hetero) is 1. The van der Waals surface area contributed by atoms with Crippen LogP contribution in [0.3, 0.4) is 0 Å². The van der Waals surface area contributed by atoms with E-state index in [2.05, 4.69) is 6.58 Å². The molecule has 14 heavy (non-hydrogen) atoms. The van der Waals surface area contributed by atoms with Gasteiger partial charge >= 0.3 is 0 Å². The molecular formula is C12H13NO. The highest BCUT2D eigenvalue weighted by molar-refractivity contribution is 6.28. The lowest BCUT2D eigenvalue weighted by atomic mass is 9.92. The summed E-state index contributed by atoms with van der Waals surface area (Å²) >= 11 is 0. The van der Waals surface area contributed by atoms with Crippen LogP contribution in [0.4, 0.5) is 0 Å². The van der Waals surface area contributed by atoms with E-state index in [4.69, 9.17) is 5.41 Å². The lowest BCUT2D eigenvalue weighted by Crippen LogP contribution is -2.12. The van der Waals surface area contributed by atoms with Crippen LogP contribution in [-0.2, 0) is 4.79 Å². The Morgan fingerprint density at radius 1 is 1.43 bits per heavy atom. The van der Waals surface area contributed by atoms with Crippen LogP contribution < -0.4 is 0 Å². The SMILES string of the molecule is C=CC[C@H](C(=O)C=N)c1ccccc1. The molecule has 0 heterocycles. The molecule has 1 rings (SSSR count). The summed E-state index contributed by atoms with van der Waals surface area (Å²) in [4.78, 5) is 11.4. The predicted octanol–water partition coefficient (Wildman–Crippen LogP) is 2.56. The second-order valence-electron chi connectivity index (χ2n) is 3.03. The highest BCUT2D eigenvalue weighted by atomic mass is 16.1. The van der Waals surface area contributed by atoms with Crippen molar-refractivity contribution in [2.45, 2.75) is 12.3 Å². The summed E-state index contributed by atoms with van der Waals surface area (Å²) < 4.78 is 0. The Morgan fingerprint density at radius 3 is 2.57 bits per heavy atom. The van der Waals surface area contributed by atoms with Gasteiger partial charge in [-0.2, -0.15) is 0 Å². The molecular weight excluding hydrogens is 174 g/mol. The third-order valence-electron chi connectivity index (χ3n) is 2.09. The van der Waals surface area contributed by atoms with Crippen LogP contribution in [-0.4, -0.2) is 12.0 Å². The van der Waals surface area contributed by atoms with Crippen LogP contribution in [0.15, 0.2) is 43.0 Å². The van der Waals surface area contributed by atoms with Gasteiger partial charge in [-0.05, 0) is 12.0 Å². The molecule has 0 unspecified atom stereocenters. The Kier molecular flexibility index (Phi) is 3.80. The van der Waals surface area contributed by atoms with Crippen molar-refractivity contribution in [3.63, 3.8) is 0 Å². The molecule has 2 nitrogen and oxygen atoms in total. The van der Waals surface area contributed by atoms with Gasteiger partial charge in [0.25, 0.3) is 0 Å². The van der Waals surface area contributed by atoms with Crippen molar-refractivity contribution in [1.29, 1.82) is 5.41 Å². The molecule has 0 bridgehead atoms. The first kappa shape index (κ1) is 10.4. The van der Waals surface area contributed by atoms with Gasteiger partial charge in [-0.25, -0.2) is 0 Å². The van der Waals surface area contributed by atoms with E-state index in [-0.39, 0.29) is 11.7 Å². The van der Waals surface area contributed by atoms with Gasteiger partial charge in [0.05, 0.1) is 12.1 Å². The molecule has 0 aliphatic heterocycles. The van der Waals surface area contributed by atoms with Gasteiger partial charge in [0.2, 0.25) is 0 Å². The first-order valence-electron chi connectivity index (χ1n) is 4.49. The van der Waals surface area contributed by atoms with Crippen molar-refractivity contribution in [2.75, 3.05) is 0 Å². The molecule has 0 aromatic heterocycles. The largest absolute Gasteiger partial charge is 0.305 e. The van der Waals surface area contributed by atoms with Crippen LogP contribution in [0, 0.1) is 5.41 Å². The highest BCUT2D eigenvalue weighted by Gasteiger charge is 2.16. The molecule has 1 N–H and O–H groups in total. The molecule has 0 aliphatic rings. The number of nitrogens with one attached hydrogen (secondary N) is 1. The molecule has 72 valence electrons. The second-order valence-corrected chi connectivity index (χ2v) is 3.03. The van der Waals surface area contributed by atoms with E-state index in [1.807, 2.05) is 30.3 Å². The first-order valence-corrected chi connectivity index (χ1v) is 4.49. The minimum absolute atomic E-state index is 0.170. The lowest BCUT2D eigenvalue weighted by molar-refractivity contribution is -0.113. The molecule has 1 aromatic carbocycles. The van der Waals surface area contributed by atoms with Gasteiger partial charge in [0.15, 0.2) is 5.78 Å². The van der Waals surface area contributed by atoms with Crippen LogP contribution in [0.5, 0.6) is 0 Å². The van der Waals surface area contributed by atoms with Gasteiger partial charge in [0.1, 0.15) is 0 Å². The topological polar surface area (TPSA) is 40.9 Å². The van der Waals surface area contributed by atoms with E-state index in [1.54, 1.807) is 6.08 Å². The molecule has 0 fully saturated rings. The van der Waals surface area contributed by atoms with E-state index in [9.17, 15) is 4.79 Å². The van der Waals surface area contributed by atoms with Gasteiger partial charge in [-0.15, -0.1) is 6.58 Å². The number of allylic oxidation sites excluding steroid dienone is 1. The van der Waals surface area contributed by atoms with Gasteiger partial charge in [-0.1, -0.05) is 36.4 Å². The minimum Gasteiger partial charge on any atom is -0.305 e. The third kappa shape index (κ3) is 2.39. The zero-order chi connectivity index (χ0) is 10.4. The number of carbonyl (C=O) groups is 1. The van der Waals surface area contributed by atoms with Gasteiger partial charge in [-0.3, -0.25) is 4.79 Å². The maximum absolute atomic E-state index is 11.4. The molecule has 0 amide bonds. The van der Waals surface area contributed by atoms with E-state index in [0.717, 1.165) is 11.8 Å². The van der Waals surface area contributed by atoms with Crippen molar-refractivity contribution < 1.29 is 4.79 Å². The summed E-state index contributed by atoms with van der Waals surface area (Å²) in [5.41, 5.74) is 0.945. The lowest BCUT2D eigenvalue weighted by Gasteiger charge is -2.10. The molecule has 1 aromatic rings. The average Bonchev–Trinajstić information content (AvgIpc) is 2.26. The standard InChI is InChI=1S/C12H13NO/c1-2-6-11(12(14)9-13)10-7-4-3-5-8-10/h2-5,7-9,11,13H,1,6H2/t11-/m0/s1. The molecule has 0 radical (unpaired) electrons. The third-order valence-corrected chi connectivity index (χ3v) is 2.09. The van der Waals surface area contributed by atoms with E-state index >= 15 is 0 Å². The van der Waals surface area contributed by atoms with Gasteiger partial charge < -0.3 is 5.41 Å². The molecule has 2 heteroatoms.